The predicted molar refractivity (Wildman–Crippen MR) is 225 cm³/mol. The second-order valence-electron chi connectivity index (χ2n) is 16.6. The molecule has 2 aromatic heterocycles. The van der Waals surface area contributed by atoms with Crippen LogP contribution in [-0.2, 0) is 9.47 Å². The number of aliphatic hydroxyl groups is 2. The van der Waals surface area contributed by atoms with E-state index in [1.54, 1.807) is 24.3 Å². The van der Waals surface area contributed by atoms with Gasteiger partial charge < -0.3 is 34.3 Å². The molecule has 2 fully saturated rings. The van der Waals surface area contributed by atoms with Crippen molar-refractivity contribution in [3.8, 4) is 0 Å². The van der Waals surface area contributed by atoms with Crippen molar-refractivity contribution in [3.05, 3.63) is 121 Å². The molecule has 0 saturated heterocycles. The number of carbonyl (C=O) groups excluding carboxylic acids is 2. The van der Waals surface area contributed by atoms with Gasteiger partial charge in [0.2, 0.25) is 11.8 Å². The van der Waals surface area contributed by atoms with Gasteiger partial charge in [-0.25, -0.2) is 19.6 Å². The van der Waals surface area contributed by atoms with Crippen molar-refractivity contribution < 1.29 is 38.1 Å². The molecule has 1 aliphatic heterocycles. The summed E-state index contributed by atoms with van der Waals surface area (Å²) in [5.41, 5.74) is 4.13. The fourth-order valence-corrected chi connectivity index (χ4v) is 6.69. The maximum Gasteiger partial charge on any atom is 0.360 e. The van der Waals surface area contributed by atoms with Gasteiger partial charge in [-0.2, -0.15) is 0 Å². The maximum atomic E-state index is 13.4. The molecule has 0 unspecified atom stereocenters. The van der Waals surface area contributed by atoms with Crippen LogP contribution in [0.25, 0.3) is 12.2 Å². The Labute approximate surface area is 342 Å². The average Bonchev–Trinajstić information content (AvgIpc) is 3.99. The highest BCUT2D eigenvalue weighted by atomic mass is 16.6. The number of nitrogens with zero attached hydrogens (tertiary/aromatic N) is 2. The van der Waals surface area contributed by atoms with Crippen LogP contribution in [0.5, 0.6) is 0 Å². The summed E-state index contributed by atoms with van der Waals surface area (Å²) in [5.74, 6) is 0.614. The highest BCUT2D eigenvalue weighted by molar-refractivity contribution is 5.87. The van der Waals surface area contributed by atoms with E-state index in [0.717, 1.165) is 25.7 Å². The van der Waals surface area contributed by atoms with Crippen molar-refractivity contribution >= 4 is 24.1 Å². The standard InChI is InChI=1S/C47H61N3O8/c1-6-7-8-21-38(51)46(2,3)40-23-15-19-34-28-32(34)17-9-12-26-43-50-37(31-56-43)45(54)58-41(47(4,5)39(52)22-13-14-27-48)24-16-20-35-29-33(35)18-10-11-25-42-49-36(30-55-42)44(53)57-40/h8-13,15-22,25-26,30-35,38-41,51-52H,6-7,14,23-24,27-29,48H2,1-5H3/b17-9+,18-10+,19-15-,20-16-,21-8+,22-13+,25-11-,26-12-/t32-,33-,34+,35+,38+,39+,40+,41+/m1/s1. The van der Waals surface area contributed by atoms with E-state index in [4.69, 9.17) is 24.0 Å². The fourth-order valence-electron chi connectivity index (χ4n) is 6.69. The van der Waals surface area contributed by atoms with Gasteiger partial charge in [-0.3, -0.25) is 0 Å². The minimum Gasteiger partial charge on any atom is -0.457 e. The molecule has 4 N–H and O–H groups in total. The molecule has 11 heteroatoms. The molecule has 312 valence electrons. The number of aliphatic hydroxyl groups excluding tert-OH is 2. The minimum atomic E-state index is -0.883. The van der Waals surface area contributed by atoms with Crippen LogP contribution in [-0.4, -0.2) is 63.1 Å². The van der Waals surface area contributed by atoms with Gasteiger partial charge in [0.15, 0.2) is 11.4 Å². The molecule has 11 nitrogen and oxygen atoms in total. The Morgan fingerprint density at radius 2 is 1.14 bits per heavy atom. The number of rotatable bonds is 10. The van der Waals surface area contributed by atoms with Crippen LogP contribution in [0.2, 0.25) is 0 Å². The molecule has 0 amide bonds. The van der Waals surface area contributed by atoms with Crippen LogP contribution < -0.4 is 5.73 Å². The first-order valence-electron chi connectivity index (χ1n) is 20.6. The van der Waals surface area contributed by atoms with E-state index in [-0.39, 0.29) is 23.2 Å². The van der Waals surface area contributed by atoms with Crippen LogP contribution in [0.4, 0.5) is 0 Å². The number of nitrogens with two attached hydrogens (primary N) is 1. The van der Waals surface area contributed by atoms with E-state index in [2.05, 4.69) is 41.2 Å². The number of oxazole rings is 2. The number of fused-ring (bicyclic) bond motifs is 6. The largest absolute Gasteiger partial charge is 0.457 e. The van der Waals surface area contributed by atoms with E-state index < -0.39 is 47.2 Å². The molecular formula is C47H61N3O8. The third-order valence-corrected chi connectivity index (χ3v) is 11.2. The normalized spacial score (nSPS) is 29.2. The Bertz CT molecular complexity index is 1770. The number of hydrogen-bond donors (Lipinski definition) is 3. The number of aromatic nitrogens is 2. The van der Waals surface area contributed by atoms with Gasteiger partial charge in [-0.05, 0) is 55.9 Å². The molecule has 0 radical (unpaired) electrons. The lowest BCUT2D eigenvalue weighted by molar-refractivity contribution is -0.0462. The summed E-state index contributed by atoms with van der Waals surface area (Å²) >= 11 is 0. The molecule has 2 saturated carbocycles. The summed E-state index contributed by atoms with van der Waals surface area (Å²) in [6.45, 7) is 10.1. The van der Waals surface area contributed by atoms with Crippen molar-refractivity contribution in [2.24, 2.45) is 40.2 Å². The van der Waals surface area contributed by atoms with Crippen LogP contribution in [0, 0.1) is 34.5 Å². The number of hydrogen-bond acceptors (Lipinski definition) is 11. The molecule has 2 aliphatic carbocycles. The third kappa shape index (κ3) is 12.6. The van der Waals surface area contributed by atoms with E-state index in [9.17, 15) is 19.8 Å². The smallest absolute Gasteiger partial charge is 0.360 e. The number of ether oxygens (including phenoxy) is 2. The highest BCUT2D eigenvalue weighted by Gasteiger charge is 2.40. The molecule has 4 bridgehead atoms. The van der Waals surface area contributed by atoms with Crippen LogP contribution >= 0.6 is 0 Å². The third-order valence-electron chi connectivity index (χ3n) is 11.2. The summed E-state index contributed by atoms with van der Waals surface area (Å²) in [6.07, 6.45) is 35.4. The van der Waals surface area contributed by atoms with Crippen molar-refractivity contribution in [1.82, 2.24) is 9.97 Å². The second kappa shape index (κ2) is 20.7. The predicted octanol–water partition coefficient (Wildman–Crippen LogP) is 8.77. The van der Waals surface area contributed by atoms with Gasteiger partial charge in [0.25, 0.3) is 0 Å². The Balaban J connectivity index is 1.35. The summed E-state index contributed by atoms with van der Waals surface area (Å²) in [6, 6.07) is 0. The molecular weight excluding hydrogens is 735 g/mol. The summed E-state index contributed by atoms with van der Waals surface area (Å²) < 4.78 is 23.2. The molecule has 8 atom stereocenters. The van der Waals surface area contributed by atoms with E-state index in [1.165, 1.54) is 12.5 Å². The molecule has 58 heavy (non-hydrogen) atoms. The first kappa shape index (κ1) is 44.3. The van der Waals surface area contributed by atoms with Crippen molar-refractivity contribution in [1.29, 1.82) is 0 Å². The number of carbonyl (C=O) groups is 2. The van der Waals surface area contributed by atoms with Gasteiger partial charge in [0.05, 0.1) is 12.2 Å². The molecule has 0 aromatic carbocycles. The van der Waals surface area contributed by atoms with Crippen LogP contribution in [0.15, 0.2) is 106 Å². The molecule has 0 spiro atoms. The van der Waals surface area contributed by atoms with Gasteiger partial charge in [-0.1, -0.05) is 126 Å². The lowest BCUT2D eigenvalue weighted by atomic mass is 9.78. The van der Waals surface area contributed by atoms with Crippen molar-refractivity contribution in [2.45, 2.75) is 104 Å². The number of esters is 2. The first-order chi connectivity index (χ1) is 27.8. The van der Waals surface area contributed by atoms with E-state index in [0.29, 0.717) is 49.5 Å². The van der Waals surface area contributed by atoms with Gasteiger partial charge >= 0.3 is 11.9 Å². The number of cyclic esters (lactones) is 2. The van der Waals surface area contributed by atoms with Gasteiger partial charge in [0, 0.05) is 35.8 Å². The van der Waals surface area contributed by atoms with Crippen LogP contribution in [0.3, 0.4) is 0 Å². The van der Waals surface area contributed by atoms with Gasteiger partial charge in [0.1, 0.15) is 24.7 Å². The Hall–Kier alpha value is -4.84. The zero-order chi connectivity index (χ0) is 41.7. The first-order valence-corrected chi connectivity index (χ1v) is 20.6. The molecule has 3 heterocycles. The maximum absolute atomic E-state index is 13.4. The molecule has 2 aromatic rings. The minimum absolute atomic E-state index is 0.0479. The second-order valence-corrected chi connectivity index (χ2v) is 16.6. The van der Waals surface area contributed by atoms with Crippen LogP contribution in [0.1, 0.15) is 112 Å². The zero-order valence-corrected chi connectivity index (χ0v) is 34.5. The quantitative estimate of drug-likeness (QED) is 0.155. The Morgan fingerprint density at radius 3 is 1.57 bits per heavy atom. The molecule has 3 aliphatic rings. The summed E-state index contributed by atoms with van der Waals surface area (Å²) in [7, 11) is 0. The molecule has 5 rings (SSSR count). The summed E-state index contributed by atoms with van der Waals surface area (Å²) in [5, 5.41) is 22.3. The zero-order valence-electron chi connectivity index (χ0n) is 34.5. The number of allylic oxidation sites excluding steroid dienone is 9. The monoisotopic (exact) mass is 795 g/mol. The SMILES string of the molecule is CCC/C=C/[C@H](O)C(C)(C)[C@@H]1C/C=C\[C@H]2C[C@H]2/C=C/C=C\c2nc(co2)C(=O)O[C@H](C(C)(C)[C@@H](O)/C=C/CCN)C/C=C\[C@H]2C[C@H]2/C=C/C=C\c2nc(co2)C(=O)O1. The average molecular weight is 796 g/mol. The van der Waals surface area contributed by atoms with E-state index >= 15 is 0 Å². The Morgan fingerprint density at radius 1 is 0.707 bits per heavy atom. The fraction of sp³-hybridized carbons (Fsp3) is 0.489. The topological polar surface area (TPSA) is 171 Å². The summed E-state index contributed by atoms with van der Waals surface area (Å²) in [4.78, 5) is 35.4. The van der Waals surface area contributed by atoms with E-state index in [1.807, 2.05) is 76.3 Å². The van der Waals surface area contributed by atoms with Crippen molar-refractivity contribution in [2.75, 3.05) is 6.54 Å². The lowest BCUT2D eigenvalue weighted by Gasteiger charge is -2.36. The van der Waals surface area contributed by atoms with Gasteiger partial charge in [-0.15, -0.1) is 0 Å². The number of unbranched alkanes of at least 4 members (excludes halogenated alkanes) is 1. The highest BCUT2D eigenvalue weighted by Crippen LogP contribution is 2.42. The van der Waals surface area contributed by atoms with Crippen molar-refractivity contribution in [3.63, 3.8) is 0 Å². The Kier molecular flexibility index (Phi) is 15.8. The lowest BCUT2D eigenvalue weighted by Crippen LogP contribution is -2.42.